The molecule has 0 saturated carbocycles. The zero-order valence-electron chi connectivity index (χ0n) is 12.5. The molecule has 0 bridgehead atoms. The first-order valence-electron chi connectivity index (χ1n) is 6.68. The summed E-state index contributed by atoms with van der Waals surface area (Å²) in [5.74, 6) is -0.509. The second-order valence-electron chi connectivity index (χ2n) is 4.74. The first-order chi connectivity index (χ1) is 9.70. The third kappa shape index (κ3) is 14.8. The third-order valence-corrected chi connectivity index (χ3v) is 3.27. The van der Waals surface area contributed by atoms with Gasteiger partial charge in [0.2, 0.25) is 5.91 Å². The second kappa shape index (κ2) is 10.3. The molecule has 0 aromatic heterocycles. The third-order valence-electron chi connectivity index (χ3n) is 2.47. The Morgan fingerprint density at radius 1 is 1.24 bits per heavy atom. The first kappa shape index (κ1) is 19.6. The topological polar surface area (TPSA) is 109 Å². The highest BCUT2D eigenvalue weighted by molar-refractivity contribution is 7.85. The molecule has 0 aliphatic carbocycles. The lowest BCUT2D eigenvalue weighted by Crippen LogP contribution is -2.20. The average molecular weight is 316 g/mol. The fraction of sp³-hybridized carbons (Fsp3) is 0.500. The predicted molar refractivity (Wildman–Crippen MR) is 83.7 cm³/mol. The van der Waals surface area contributed by atoms with E-state index in [0.717, 1.165) is 13.0 Å². The molecule has 0 aliphatic heterocycles. The van der Waals surface area contributed by atoms with Crippen molar-refractivity contribution in [2.45, 2.75) is 26.7 Å². The van der Waals surface area contributed by atoms with Crippen molar-refractivity contribution in [3.05, 3.63) is 35.4 Å². The second-order valence-corrected chi connectivity index (χ2v) is 6.31. The molecule has 7 heteroatoms. The number of hydrogen-bond donors (Lipinski definition) is 3. The fourth-order valence-corrected chi connectivity index (χ4v) is 2.00. The van der Waals surface area contributed by atoms with Gasteiger partial charge in [0.1, 0.15) is 0 Å². The minimum Gasteiger partial charge on any atom is -0.370 e. The van der Waals surface area contributed by atoms with Gasteiger partial charge in [-0.05, 0) is 38.4 Å². The standard InChI is InChI=1S/C12H19NO3S.C2H5NO/c1-11-3-5-12(6-4-11)7-9-13-8-2-10-17(14,15)16;1-2(3)4/h3-6,13H,2,7-10H2,1H3,(H,14,15,16);1H3,(H2,3,4). The Hall–Kier alpha value is -1.44. The zero-order valence-corrected chi connectivity index (χ0v) is 13.3. The van der Waals surface area contributed by atoms with Crippen LogP contribution < -0.4 is 11.1 Å². The van der Waals surface area contributed by atoms with Crippen LogP contribution in [0.1, 0.15) is 24.5 Å². The van der Waals surface area contributed by atoms with Gasteiger partial charge < -0.3 is 11.1 Å². The lowest BCUT2D eigenvalue weighted by Gasteiger charge is -2.04. The summed E-state index contributed by atoms with van der Waals surface area (Å²) in [6.07, 6.45) is 1.36. The summed E-state index contributed by atoms with van der Waals surface area (Å²) in [5.41, 5.74) is 6.98. The van der Waals surface area contributed by atoms with Crippen LogP contribution in [0.2, 0.25) is 0 Å². The molecule has 6 nitrogen and oxygen atoms in total. The Balaban J connectivity index is 0.000000885. The molecule has 0 saturated heterocycles. The van der Waals surface area contributed by atoms with Gasteiger partial charge in [-0.3, -0.25) is 9.35 Å². The Morgan fingerprint density at radius 2 is 1.76 bits per heavy atom. The average Bonchev–Trinajstić information content (AvgIpc) is 2.34. The molecule has 21 heavy (non-hydrogen) atoms. The van der Waals surface area contributed by atoms with Gasteiger partial charge in [0.15, 0.2) is 0 Å². The number of primary amides is 1. The van der Waals surface area contributed by atoms with E-state index >= 15 is 0 Å². The minimum atomic E-state index is -3.81. The molecule has 0 aliphatic rings. The SMILES string of the molecule is CC(N)=O.Cc1ccc(CCNCCCS(=O)(=O)O)cc1. The summed E-state index contributed by atoms with van der Waals surface area (Å²) in [4.78, 5) is 9.22. The van der Waals surface area contributed by atoms with Gasteiger partial charge in [0, 0.05) is 6.92 Å². The number of amides is 1. The van der Waals surface area contributed by atoms with Gasteiger partial charge in [0.25, 0.3) is 10.1 Å². The van der Waals surface area contributed by atoms with Crippen LogP contribution in [0.4, 0.5) is 0 Å². The van der Waals surface area contributed by atoms with Gasteiger partial charge >= 0.3 is 0 Å². The first-order valence-corrected chi connectivity index (χ1v) is 8.29. The van der Waals surface area contributed by atoms with Crippen molar-refractivity contribution < 1.29 is 17.8 Å². The monoisotopic (exact) mass is 316 g/mol. The largest absolute Gasteiger partial charge is 0.370 e. The number of nitrogens with one attached hydrogen (secondary N) is 1. The number of nitrogens with two attached hydrogens (primary N) is 1. The maximum Gasteiger partial charge on any atom is 0.264 e. The molecule has 0 fully saturated rings. The number of carbonyl (C=O) groups excluding carboxylic acids is 1. The van der Waals surface area contributed by atoms with Gasteiger partial charge in [0.05, 0.1) is 5.75 Å². The van der Waals surface area contributed by atoms with Gasteiger partial charge in [-0.2, -0.15) is 8.42 Å². The van der Waals surface area contributed by atoms with Gasteiger partial charge in [-0.25, -0.2) is 0 Å². The van der Waals surface area contributed by atoms with E-state index in [-0.39, 0.29) is 11.7 Å². The number of rotatable bonds is 7. The molecule has 1 rings (SSSR count). The van der Waals surface area contributed by atoms with Crippen LogP contribution in [0.25, 0.3) is 0 Å². The van der Waals surface area contributed by atoms with E-state index in [1.807, 2.05) is 0 Å². The van der Waals surface area contributed by atoms with Gasteiger partial charge in [-0.15, -0.1) is 0 Å². The smallest absolute Gasteiger partial charge is 0.264 e. The molecule has 1 aromatic carbocycles. The molecule has 0 spiro atoms. The van der Waals surface area contributed by atoms with E-state index in [1.165, 1.54) is 18.1 Å². The van der Waals surface area contributed by atoms with Crippen molar-refractivity contribution in [3.63, 3.8) is 0 Å². The van der Waals surface area contributed by atoms with Crippen molar-refractivity contribution in [2.75, 3.05) is 18.8 Å². The molecule has 0 atom stereocenters. The van der Waals surface area contributed by atoms with Crippen molar-refractivity contribution in [1.29, 1.82) is 0 Å². The summed E-state index contributed by atoms with van der Waals surface area (Å²) in [6, 6.07) is 8.34. The van der Waals surface area contributed by atoms with Crippen molar-refractivity contribution >= 4 is 16.0 Å². The van der Waals surface area contributed by atoms with E-state index < -0.39 is 10.1 Å². The highest BCUT2D eigenvalue weighted by atomic mass is 32.2. The lowest BCUT2D eigenvalue weighted by molar-refractivity contribution is -0.115. The van der Waals surface area contributed by atoms with E-state index in [1.54, 1.807) is 0 Å². The van der Waals surface area contributed by atoms with E-state index in [9.17, 15) is 13.2 Å². The fourth-order valence-electron chi connectivity index (χ4n) is 1.49. The quantitative estimate of drug-likeness (QED) is 0.511. The molecule has 0 heterocycles. The Kier molecular flexibility index (Phi) is 9.60. The predicted octanol–water partition coefficient (Wildman–Crippen LogP) is 0.897. The molecule has 0 unspecified atom stereocenters. The van der Waals surface area contributed by atoms with Crippen LogP contribution in [0.3, 0.4) is 0 Å². The molecule has 120 valence electrons. The van der Waals surface area contributed by atoms with Crippen LogP contribution in [-0.2, 0) is 21.3 Å². The Labute approximate surface area is 126 Å². The normalized spacial score (nSPS) is 10.6. The Bertz CT molecular complexity index is 508. The summed E-state index contributed by atoms with van der Waals surface area (Å²) in [7, 11) is -3.81. The summed E-state index contributed by atoms with van der Waals surface area (Å²) >= 11 is 0. The van der Waals surface area contributed by atoms with Gasteiger partial charge in [-0.1, -0.05) is 29.8 Å². The molecule has 1 amide bonds. The van der Waals surface area contributed by atoms with E-state index in [2.05, 4.69) is 42.2 Å². The van der Waals surface area contributed by atoms with Crippen molar-refractivity contribution in [3.8, 4) is 0 Å². The molecule has 0 radical (unpaired) electrons. The summed E-state index contributed by atoms with van der Waals surface area (Å²) < 4.78 is 29.4. The summed E-state index contributed by atoms with van der Waals surface area (Å²) in [5, 5.41) is 3.15. The number of benzene rings is 1. The number of hydrogen-bond acceptors (Lipinski definition) is 4. The highest BCUT2D eigenvalue weighted by Gasteiger charge is 2.02. The summed E-state index contributed by atoms with van der Waals surface area (Å²) in [6.45, 7) is 4.78. The Morgan fingerprint density at radius 3 is 2.24 bits per heavy atom. The van der Waals surface area contributed by atoms with Crippen molar-refractivity contribution in [1.82, 2.24) is 5.32 Å². The highest BCUT2D eigenvalue weighted by Crippen LogP contribution is 2.02. The van der Waals surface area contributed by atoms with E-state index in [4.69, 9.17) is 4.55 Å². The van der Waals surface area contributed by atoms with Crippen LogP contribution in [-0.4, -0.2) is 37.7 Å². The number of carbonyl (C=O) groups is 1. The molecular formula is C14H24N2O4S. The van der Waals surface area contributed by atoms with Crippen LogP contribution in [0, 0.1) is 6.92 Å². The molecular weight excluding hydrogens is 292 g/mol. The minimum absolute atomic E-state index is 0.176. The maximum atomic E-state index is 10.4. The molecule has 1 aromatic rings. The van der Waals surface area contributed by atoms with Crippen LogP contribution >= 0.6 is 0 Å². The van der Waals surface area contributed by atoms with E-state index in [0.29, 0.717) is 13.0 Å². The zero-order chi connectivity index (χ0) is 16.3. The maximum absolute atomic E-state index is 10.4. The van der Waals surface area contributed by atoms with Crippen molar-refractivity contribution in [2.24, 2.45) is 5.73 Å². The molecule has 4 N–H and O–H groups in total. The van der Waals surface area contributed by atoms with Crippen LogP contribution in [0.5, 0.6) is 0 Å². The number of aryl methyl sites for hydroxylation is 1. The van der Waals surface area contributed by atoms with Crippen LogP contribution in [0.15, 0.2) is 24.3 Å². The lowest BCUT2D eigenvalue weighted by atomic mass is 10.1.